The van der Waals surface area contributed by atoms with Crippen molar-refractivity contribution < 1.29 is 9.66 Å². The van der Waals surface area contributed by atoms with E-state index in [9.17, 15) is 10.1 Å². The first-order valence-corrected chi connectivity index (χ1v) is 7.84. The van der Waals surface area contributed by atoms with E-state index in [1.165, 1.54) is 6.07 Å². The number of hydrogen-bond acceptors (Lipinski definition) is 6. The van der Waals surface area contributed by atoms with Crippen LogP contribution in [-0.2, 0) is 6.54 Å². The van der Waals surface area contributed by atoms with Crippen LogP contribution in [0.15, 0.2) is 30.5 Å². The minimum Gasteiger partial charge on any atom is -0.433 e. The maximum Gasteiger partial charge on any atom is 0.331 e. The molecule has 0 saturated heterocycles. The van der Waals surface area contributed by atoms with Crippen molar-refractivity contribution in [2.45, 2.75) is 27.3 Å². The molecule has 0 spiro atoms. The smallest absolute Gasteiger partial charge is 0.331 e. The monoisotopic (exact) mass is 330 g/mol. The second-order valence-electron chi connectivity index (χ2n) is 5.52. The van der Waals surface area contributed by atoms with Crippen LogP contribution in [0, 0.1) is 17.0 Å². The molecule has 0 amide bonds. The third-order valence-electron chi connectivity index (χ3n) is 3.75. The van der Waals surface area contributed by atoms with Gasteiger partial charge in [0.1, 0.15) is 5.75 Å². The fourth-order valence-electron chi connectivity index (χ4n) is 2.37. The maximum absolute atomic E-state index is 11.2. The number of aryl methyl sites for hydroxylation is 1. The van der Waals surface area contributed by atoms with Crippen molar-refractivity contribution in [3.8, 4) is 11.6 Å². The molecule has 0 fully saturated rings. The van der Waals surface area contributed by atoms with E-state index in [-0.39, 0.29) is 11.6 Å². The molecule has 0 saturated carbocycles. The minimum atomic E-state index is -0.489. The van der Waals surface area contributed by atoms with Gasteiger partial charge in [-0.15, -0.1) is 0 Å². The molecular weight excluding hydrogens is 308 g/mol. The summed E-state index contributed by atoms with van der Waals surface area (Å²) in [5, 5.41) is 11.2. The van der Waals surface area contributed by atoms with E-state index in [4.69, 9.17) is 10.5 Å². The number of anilines is 1. The predicted octanol–water partition coefficient (Wildman–Crippen LogP) is 3.51. The fraction of sp³-hybridized carbons (Fsp3) is 0.353. The van der Waals surface area contributed by atoms with Gasteiger partial charge in [-0.3, -0.25) is 15.0 Å². The van der Waals surface area contributed by atoms with Gasteiger partial charge in [0.2, 0.25) is 0 Å². The van der Waals surface area contributed by atoms with Crippen LogP contribution in [0.3, 0.4) is 0 Å². The topological polar surface area (TPSA) is 94.5 Å². The standard InChI is InChI=1S/C17H22N4O3/c1-4-20(5-2)11-13-9-14(18)6-7-16(13)24-17-15(21(22)23)8-12(3)10-19-17/h6-10H,4-5,11,18H2,1-3H3. The summed E-state index contributed by atoms with van der Waals surface area (Å²) in [5.41, 5.74) is 7.92. The van der Waals surface area contributed by atoms with Crippen LogP contribution in [0.1, 0.15) is 25.0 Å². The van der Waals surface area contributed by atoms with Crippen LogP contribution in [-0.4, -0.2) is 27.9 Å². The van der Waals surface area contributed by atoms with Gasteiger partial charge < -0.3 is 10.5 Å². The van der Waals surface area contributed by atoms with Crippen LogP contribution < -0.4 is 10.5 Å². The SMILES string of the molecule is CCN(CC)Cc1cc(N)ccc1Oc1ncc(C)cc1[N+](=O)[O-]. The number of nitrogen functional groups attached to an aromatic ring is 1. The van der Waals surface area contributed by atoms with Crippen molar-refractivity contribution in [3.05, 3.63) is 51.7 Å². The first kappa shape index (κ1) is 17.7. The van der Waals surface area contributed by atoms with E-state index in [1.807, 2.05) is 6.07 Å². The molecule has 0 aliphatic heterocycles. The van der Waals surface area contributed by atoms with Gasteiger partial charge in [-0.2, -0.15) is 0 Å². The number of pyridine rings is 1. The summed E-state index contributed by atoms with van der Waals surface area (Å²) in [6.45, 7) is 8.30. The van der Waals surface area contributed by atoms with Crippen molar-refractivity contribution in [3.63, 3.8) is 0 Å². The first-order chi connectivity index (χ1) is 11.4. The summed E-state index contributed by atoms with van der Waals surface area (Å²) < 4.78 is 5.77. The van der Waals surface area contributed by atoms with E-state index in [2.05, 4.69) is 23.7 Å². The van der Waals surface area contributed by atoms with Gasteiger partial charge in [0.05, 0.1) is 4.92 Å². The summed E-state index contributed by atoms with van der Waals surface area (Å²) in [6.07, 6.45) is 1.55. The fourth-order valence-corrected chi connectivity index (χ4v) is 2.37. The average molecular weight is 330 g/mol. The number of ether oxygens (including phenoxy) is 1. The van der Waals surface area contributed by atoms with E-state index < -0.39 is 4.92 Å². The Morgan fingerprint density at radius 3 is 2.62 bits per heavy atom. The first-order valence-electron chi connectivity index (χ1n) is 7.84. The van der Waals surface area contributed by atoms with Gasteiger partial charge in [-0.25, -0.2) is 4.98 Å². The number of hydrogen-bond donors (Lipinski definition) is 1. The summed E-state index contributed by atoms with van der Waals surface area (Å²) >= 11 is 0. The minimum absolute atomic E-state index is 0.0174. The van der Waals surface area contributed by atoms with Crippen LogP contribution in [0.25, 0.3) is 0 Å². The van der Waals surface area contributed by atoms with Gasteiger partial charge in [-0.1, -0.05) is 13.8 Å². The summed E-state index contributed by atoms with van der Waals surface area (Å²) in [4.78, 5) is 17.0. The average Bonchev–Trinajstić information content (AvgIpc) is 2.56. The molecule has 2 rings (SSSR count). The Hall–Kier alpha value is -2.67. The Balaban J connectivity index is 2.38. The molecule has 0 aliphatic carbocycles. The zero-order valence-corrected chi connectivity index (χ0v) is 14.2. The molecule has 1 heterocycles. The van der Waals surface area contributed by atoms with Crippen molar-refractivity contribution in [2.75, 3.05) is 18.8 Å². The lowest BCUT2D eigenvalue weighted by Crippen LogP contribution is -2.22. The molecule has 2 N–H and O–H groups in total. The van der Waals surface area contributed by atoms with Crippen LogP contribution in [0.5, 0.6) is 11.6 Å². The summed E-state index contributed by atoms with van der Waals surface area (Å²) in [7, 11) is 0. The molecule has 128 valence electrons. The zero-order valence-electron chi connectivity index (χ0n) is 14.2. The molecule has 2 aromatic rings. The normalized spacial score (nSPS) is 10.8. The Morgan fingerprint density at radius 2 is 2.00 bits per heavy atom. The summed E-state index contributed by atoms with van der Waals surface area (Å²) in [5.74, 6) is 0.506. The zero-order chi connectivity index (χ0) is 17.7. The predicted molar refractivity (Wildman–Crippen MR) is 93.2 cm³/mol. The highest BCUT2D eigenvalue weighted by Crippen LogP contribution is 2.32. The highest BCUT2D eigenvalue weighted by atomic mass is 16.6. The van der Waals surface area contributed by atoms with Gasteiger partial charge >= 0.3 is 5.69 Å². The molecule has 7 nitrogen and oxygen atoms in total. The van der Waals surface area contributed by atoms with E-state index in [0.29, 0.717) is 23.5 Å². The highest BCUT2D eigenvalue weighted by Gasteiger charge is 2.19. The third-order valence-corrected chi connectivity index (χ3v) is 3.75. The second kappa shape index (κ2) is 7.74. The molecule has 1 aromatic carbocycles. The van der Waals surface area contributed by atoms with Crippen LogP contribution >= 0.6 is 0 Å². The van der Waals surface area contributed by atoms with Gasteiger partial charge in [0, 0.05) is 30.1 Å². The van der Waals surface area contributed by atoms with Crippen molar-refractivity contribution >= 4 is 11.4 Å². The lowest BCUT2D eigenvalue weighted by Gasteiger charge is -2.20. The molecule has 7 heteroatoms. The molecule has 0 bridgehead atoms. The van der Waals surface area contributed by atoms with Crippen molar-refractivity contribution in [1.29, 1.82) is 0 Å². The van der Waals surface area contributed by atoms with Crippen molar-refractivity contribution in [2.24, 2.45) is 0 Å². The van der Waals surface area contributed by atoms with E-state index >= 15 is 0 Å². The Morgan fingerprint density at radius 1 is 1.29 bits per heavy atom. The van der Waals surface area contributed by atoms with Crippen molar-refractivity contribution in [1.82, 2.24) is 9.88 Å². The molecule has 1 aromatic heterocycles. The summed E-state index contributed by atoms with van der Waals surface area (Å²) in [6, 6.07) is 6.71. The number of rotatable bonds is 7. The Labute approximate surface area is 141 Å². The molecule has 0 radical (unpaired) electrons. The van der Waals surface area contributed by atoms with Gasteiger partial charge in [0.25, 0.3) is 5.88 Å². The van der Waals surface area contributed by atoms with Gasteiger partial charge in [0.15, 0.2) is 0 Å². The molecule has 0 aliphatic rings. The highest BCUT2D eigenvalue weighted by molar-refractivity contribution is 5.51. The lowest BCUT2D eigenvalue weighted by molar-refractivity contribution is -0.386. The number of aromatic nitrogens is 1. The largest absolute Gasteiger partial charge is 0.433 e. The maximum atomic E-state index is 11.2. The number of benzene rings is 1. The van der Waals surface area contributed by atoms with Crippen LogP contribution in [0.2, 0.25) is 0 Å². The van der Waals surface area contributed by atoms with E-state index in [0.717, 1.165) is 18.7 Å². The quantitative estimate of drug-likeness (QED) is 0.474. The number of nitro groups is 1. The molecule has 24 heavy (non-hydrogen) atoms. The second-order valence-corrected chi connectivity index (χ2v) is 5.52. The van der Waals surface area contributed by atoms with Gasteiger partial charge in [-0.05, 0) is 43.8 Å². The Kier molecular flexibility index (Phi) is 5.70. The third kappa shape index (κ3) is 4.20. The molecule has 0 unspecified atom stereocenters. The van der Waals surface area contributed by atoms with E-state index in [1.54, 1.807) is 25.3 Å². The van der Waals surface area contributed by atoms with Crippen LogP contribution in [0.4, 0.5) is 11.4 Å². The lowest BCUT2D eigenvalue weighted by atomic mass is 10.1. The molecular formula is C17H22N4O3. The Bertz CT molecular complexity index is 730. The number of nitrogens with two attached hydrogens (primary N) is 1. The molecule has 0 atom stereocenters. The number of nitrogens with zero attached hydrogens (tertiary/aromatic N) is 3.